The number of carbonyl (C=O) groups excluding carboxylic acids is 1. The lowest BCUT2D eigenvalue weighted by molar-refractivity contribution is 0.0913. The first-order valence-corrected chi connectivity index (χ1v) is 7.50. The Morgan fingerprint density at radius 1 is 1.43 bits per heavy atom. The van der Waals surface area contributed by atoms with Crippen molar-refractivity contribution in [3.63, 3.8) is 0 Å². The molecule has 4 N–H and O–H groups in total. The monoisotopic (exact) mass is 293 g/mol. The molecule has 0 bridgehead atoms. The summed E-state index contributed by atoms with van der Waals surface area (Å²) < 4.78 is 5.30. The van der Waals surface area contributed by atoms with Gasteiger partial charge in [0.25, 0.3) is 5.91 Å². The maximum absolute atomic E-state index is 12.5. The van der Waals surface area contributed by atoms with E-state index in [0.29, 0.717) is 30.6 Å². The van der Waals surface area contributed by atoms with Gasteiger partial charge in [0.15, 0.2) is 5.84 Å². The molecule has 0 spiro atoms. The molecule has 1 aromatic heterocycles. The highest BCUT2D eigenvalue weighted by Gasteiger charge is 2.37. The van der Waals surface area contributed by atoms with Gasteiger partial charge in [0.1, 0.15) is 11.3 Å². The normalized spacial score (nSPS) is 19.0. The van der Waals surface area contributed by atoms with Crippen LogP contribution in [0.1, 0.15) is 61.6 Å². The maximum Gasteiger partial charge on any atom is 0.255 e. The number of aryl methyl sites for hydroxylation is 1. The van der Waals surface area contributed by atoms with Crippen molar-refractivity contribution in [2.24, 2.45) is 10.9 Å². The number of amides is 1. The standard InChI is InChI=1S/C15H23N3O3/c1-2-12-11(7-10-21-12)13(19)17-15(14(16)18-20)8-5-3-4-6-9-15/h7,10,20H,2-6,8-9H2,1H3,(H2,16,18)(H,17,19). The fourth-order valence-corrected chi connectivity index (χ4v) is 2.97. The Hall–Kier alpha value is -1.98. The SMILES string of the molecule is CCc1occc1C(=O)NC1(/C(N)=N/O)CCCCCC1. The number of hydrogen-bond donors (Lipinski definition) is 3. The Morgan fingerprint density at radius 2 is 2.10 bits per heavy atom. The minimum atomic E-state index is -0.759. The zero-order valence-corrected chi connectivity index (χ0v) is 12.4. The number of nitrogens with two attached hydrogens (primary N) is 1. The second-order valence-electron chi connectivity index (χ2n) is 5.55. The molecular weight excluding hydrogens is 270 g/mol. The van der Waals surface area contributed by atoms with E-state index in [2.05, 4.69) is 10.5 Å². The second kappa shape index (κ2) is 6.65. The average Bonchev–Trinajstić information content (AvgIpc) is 2.86. The van der Waals surface area contributed by atoms with Crippen molar-refractivity contribution in [2.75, 3.05) is 0 Å². The minimum absolute atomic E-state index is 0.0827. The summed E-state index contributed by atoms with van der Waals surface area (Å²) in [6, 6.07) is 1.66. The predicted octanol–water partition coefficient (Wildman–Crippen LogP) is 2.41. The van der Waals surface area contributed by atoms with Crippen molar-refractivity contribution in [1.29, 1.82) is 0 Å². The number of amidine groups is 1. The van der Waals surface area contributed by atoms with Crippen LogP contribution in [0, 0.1) is 0 Å². The molecule has 0 aliphatic heterocycles. The molecular formula is C15H23N3O3. The Morgan fingerprint density at radius 3 is 2.67 bits per heavy atom. The molecule has 1 saturated carbocycles. The number of carbonyl (C=O) groups is 1. The van der Waals surface area contributed by atoms with Gasteiger partial charge in [-0.15, -0.1) is 0 Å². The maximum atomic E-state index is 12.5. The number of nitrogens with zero attached hydrogens (tertiary/aromatic N) is 1. The van der Waals surface area contributed by atoms with Gasteiger partial charge in [-0.25, -0.2) is 0 Å². The van der Waals surface area contributed by atoms with Crippen molar-refractivity contribution < 1.29 is 14.4 Å². The Kier molecular flexibility index (Phi) is 4.88. The minimum Gasteiger partial charge on any atom is -0.469 e. The van der Waals surface area contributed by atoms with Crippen LogP contribution in [-0.4, -0.2) is 22.5 Å². The average molecular weight is 293 g/mol. The molecule has 0 atom stereocenters. The Balaban J connectivity index is 2.24. The topological polar surface area (TPSA) is 101 Å². The summed E-state index contributed by atoms with van der Waals surface area (Å²) in [6.07, 6.45) is 7.63. The van der Waals surface area contributed by atoms with Crippen LogP contribution >= 0.6 is 0 Å². The molecule has 1 aliphatic carbocycles. The zero-order valence-electron chi connectivity index (χ0n) is 12.4. The highest BCUT2D eigenvalue weighted by Crippen LogP contribution is 2.28. The van der Waals surface area contributed by atoms with Gasteiger partial charge in [0.05, 0.1) is 11.8 Å². The van der Waals surface area contributed by atoms with Crippen molar-refractivity contribution in [3.8, 4) is 0 Å². The summed E-state index contributed by atoms with van der Waals surface area (Å²) >= 11 is 0. The lowest BCUT2D eigenvalue weighted by Crippen LogP contribution is -2.57. The molecule has 116 valence electrons. The van der Waals surface area contributed by atoms with Crippen LogP contribution < -0.4 is 11.1 Å². The number of rotatable bonds is 4. The van der Waals surface area contributed by atoms with Crippen LogP contribution in [-0.2, 0) is 6.42 Å². The highest BCUT2D eigenvalue weighted by molar-refractivity contribution is 6.00. The second-order valence-corrected chi connectivity index (χ2v) is 5.55. The molecule has 0 unspecified atom stereocenters. The van der Waals surface area contributed by atoms with Crippen LogP contribution in [0.4, 0.5) is 0 Å². The molecule has 0 aromatic carbocycles. The molecule has 1 aliphatic rings. The molecule has 1 amide bonds. The molecule has 1 heterocycles. The Labute approximate surface area is 124 Å². The largest absolute Gasteiger partial charge is 0.469 e. The summed E-state index contributed by atoms with van der Waals surface area (Å²) in [4.78, 5) is 12.5. The number of hydrogen-bond acceptors (Lipinski definition) is 4. The van der Waals surface area contributed by atoms with Crippen LogP contribution in [0.5, 0.6) is 0 Å². The third-order valence-corrected chi connectivity index (χ3v) is 4.22. The van der Waals surface area contributed by atoms with E-state index in [1.165, 1.54) is 6.26 Å². The number of nitrogens with one attached hydrogen (secondary N) is 1. The van der Waals surface area contributed by atoms with E-state index < -0.39 is 5.54 Å². The quantitative estimate of drug-likeness (QED) is 0.261. The van der Waals surface area contributed by atoms with Gasteiger partial charge in [0, 0.05) is 6.42 Å². The van der Waals surface area contributed by atoms with Gasteiger partial charge in [-0.3, -0.25) is 4.79 Å². The van der Waals surface area contributed by atoms with Gasteiger partial charge in [-0.05, 0) is 18.9 Å². The third-order valence-electron chi connectivity index (χ3n) is 4.22. The van der Waals surface area contributed by atoms with Gasteiger partial charge < -0.3 is 20.7 Å². The number of oxime groups is 1. The number of furan rings is 1. The smallest absolute Gasteiger partial charge is 0.255 e. The lowest BCUT2D eigenvalue weighted by atomic mass is 9.88. The first-order chi connectivity index (χ1) is 10.1. The molecule has 6 nitrogen and oxygen atoms in total. The zero-order chi connectivity index (χ0) is 15.3. The van der Waals surface area contributed by atoms with Crippen molar-refractivity contribution in [2.45, 2.75) is 57.4 Å². The van der Waals surface area contributed by atoms with E-state index in [0.717, 1.165) is 25.7 Å². The lowest BCUT2D eigenvalue weighted by Gasteiger charge is -2.32. The Bertz CT molecular complexity index is 514. The van der Waals surface area contributed by atoms with E-state index in [1.807, 2.05) is 6.92 Å². The predicted molar refractivity (Wildman–Crippen MR) is 79.4 cm³/mol. The molecule has 1 aromatic rings. The van der Waals surface area contributed by atoms with Crippen molar-refractivity contribution in [1.82, 2.24) is 5.32 Å². The van der Waals surface area contributed by atoms with Crippen LogP contribution in [0.2, 0.25) is 0 Å². The van der Waals surface area contributed by atoms with Gasteiger partial charge >= 0.3 is 0 Å². The van der Waals surface area contributed by atoms with Crippen LogP contribution in [0.3, 0.4) is 0 Å². The van der Waals surface area contributed by atoms with Gasteiger partial charge in [0.2, 0.25) is 0 Å². The molecule has 0 saturated heterocycles. The first kappa shape index (κ1) is 15.4. The van der Waals surface area contributed by atoms with E-state index in [-0.39, 0.29) is 11.7 Å². The van der Waals surface area contributed by atoms with Crippen LogP contribution in [0.15, 0.2) is 21.9 Å². The third kappa shape index (κ3) is 3.20. The van der Waals surface area contributed by atoms with E-state index in [4.69, 9.17) is 15.4 Å². The molecule has 21 heavy (non-hydrogen) atoms. The summed E-state index contributed by atoms with van der Waals surface area (Å²) in [5.74, 6) is 0.504. The summed E-state index contributed by atoms with van der Waals surface area (Å²) in [5.41, 5.74) is 5.65. The fraction of sp³-hybridized carbons (Fsp3) is 0.600. The van der Waals surface area contributed by atoms with E-state index in [9.17, 15) is 4.79 Å². The molecule has 6 heteroatoms. The molecule has 2 rings (SSSR count). The fourth-order valence-electron chi connectivity index (χ4n) is 2.97. The van der Waals surface area contributed by atoms with Gasteiger partial charge in [-0.2, -0.15) is 0 Å². The summed E-state index contributed by atoms with van der Waals surface area (Å²) in [6.45, 7) is 1.93. The van der Waals surface area contributed by atoms with Crippen molar-refractivity contribution in [3.05, 3.63) is 23.7 Å². The van der Waals surface area contributed by atoms with Crippen molar-refractivity contribution >= 4 is 11.7 Å². The molecule has 1 fully saturated rings. The van der Waals surface area contributed by atoms with E-state index >= 15 is 0 Å². The van der Waals surface area contributed by atoms with Crippen LogP contribution in [0.25, 0.3) is 0 Å². The summed E-state index contributed by atoms with van der Waals surface area (Å²) in [5, 5.41) is 15.2. The highest BCUT2D eigenvalue weighted by atomic mass is 16.4. The first-order valence-electron chi connectivity index (χ1n) is 7.50. The van der Waals surface area contributed by atoms with Gasteiger partial charge in [-0.1, -0.05) is 37.8 Å². The summed E-state index contributed by atoms with van der Waals surface area (Å²) in [7, 11) is 0. The molecule has 0 radical (unpaired) electrons. The van der Waals surface area contributed by atoms with E-state index in [1.54, 1.807) is 6.07 Å².